The first kappa shape index (κ1) is 9.51. The Bertz CT molecular complexity index is 149. The van der Waals surface area contributed by atoms with E-state index in [0.717, 1.165) is 11.8 Å². The van der Waals surface area contributed by atoms with E-state index in [2.05, 4.69) is 0 Å². The quantitative estimate of drug-likeness (QED) is 0.661. The van der Waals surface area contributed by atoms with Crippen LogP contribution in [0.2, 0.25) is 0 Å². The van der Waals surface area contributed by atoms with Gasteiger partial charge in [-0.15, -0.1) is 0 Å². The van der Waals surface area contributed by atoms with E-state index in [0.29, 0.717) is 6.04 Å². The zero-order valence-electron chi connectivity index (χ0n) is 8.67. The summed E-state index contributed by atoms with van der Waals surface area (Å²) in [6.07, 6.45) is 12.9. The zero-order valence-corrected chi connectivity index (χ0v) is 8.67. The molecule has 0 heterocycles. The highest BCUT2D eigenvalue weighted by atomic mass is 14.7. The van der Waals surface area contributed by atoms with Crippen molar-refractivity contribution in [2.75, 3.05) is 0 Å². The highest BCUT2D eigenvalue weighted by Crippen LogP contribution is 2.37. The van der Waals surface area contributed by atoms with Gasteiger partial charge in [0.25, 0.3) is 0 Å². The van der Waals surface area contributed by atoms with Crippen molar-refractivity contribution < 1.29 is 0 Å². The normalized spacial score (nSPS) is 37.6. The zero-order chi connectivity index (χ0) is 9.10. The second-order valence-electron chi connectivity index (χ2n) is 5.01. The van der Waals surface area contributed by atoms with Gasteiger partial charge in [-0.2, -0.15) is 0 Å². The van der Waals surface area contributed by atoms with E-state index in [4.69, 9.17) is 5.73 Å². The lowest BCUT2D eigenvalue weighted by Crippen LogP contribution is -2.38. The van der Waals surface area contributed by atoms with Crippen LogP contribution in [0.4, 0.5) is 0 Å². The fraction of sp³-hybridized carbons (Fsp3) is 1.00. The lowest BCUT2D eigenvalue weighted by molar-refractivity contribution is 0.171. The predicted octanol–water partition coefficient (Wildman–Crippen LogP) is 3.08. The van der Waals surface area contributed by atoms with E-state index in [1.54, 1.807) is 0 Å². The molecule has 13 heavy (non-hydrogen) atoms. The van der Waals surface area contributed by atoms with Crippen molar-refractivity contribution in [2.45, 2.75) is 63.8 Å². The van der Waals surface area contributed by atoms with E-state index in [-0.39, 0.29) is 0 Å². The molecule has 0 aromatic rings. The smallest absolute Gasteiger partial charge is 0.00698 e. The molecule has 0 radical (unpaired) electrons. The second-order valence-corrected chi connectivity index (χ2v) is 5.01. The average molecular weight is 181 g/mol. The van der Waals surface area contributed by atoms with Crippen LogP contribution in [0.25, 0.3) is 0 Å². The largest absolute Gasteiger partial charge is 0.327 e. The lowest BCUT2D eigenvalue weighted by atomic mass is 9.71. The van der Waals surface area contributed by atoms with Crippen LogP contribution < -0.4 is 5.73 Å². The molecule has 2 aliphatic rings. The van der Waals surface area contributed by atoms with E-state index < -0.39 is 0 Å². The van der Waals surface area contributed by atoms with E-state index in [1.165, 1.54) is 57.8 Å². The molecule has 2 fully saturated rings. The van der Waals surface area contributed by atoms with Crippen LogP contribution >= 0.6 is 0 Å². The van der Waals surface area contributed by atoms with Gasteiger partial charge in [0.2, 0.25) is 0 Å². The molecule has 1 nitrogen and oxygen atoms in total. The van der Waals surface area contributed by atoms with Crippen LogP contribution in [-0.2, 0) is 0 Å². The summed E-state index contributed by atoms with van der Waals surface area (Å²) in [5, 5.41) is 0. The van der Waals surface area contributed by atoms with Gasteiger partial charge in [0, 0.05) is 6.04 Å². The second kappa shape index (κ2) is 4.45. The Morgan fingerprint density at radius 3 is 2.00 bits per heavy atom. The average Bonchev–Trinajstić information content (AvgIpc) is 2.20. The van der Waals surface area contributed by atoms with Crippen molar-refractivity contribution in [3.63, 3.8) is 0 Å². The third-order valence-corrected chi connectivity index (χ3v) is 4.13. The maximum Gasteiger partial charge on any atom is 0.00698 e. The van der Waals surface area contributed by atoms with Gasteiger partial charge in [-0.3, -0.25) is 0 Å². The topological polar surface area (TPSA) is 26.0 Å². The van der Waals surface area contributed by atoms with E-state index in [9.17, 15) is 0 Å². The first-order chi connectivity index (χ1) is 6.38. The van der Waals surface area contributed by atoms with Crippen molar-refractivity contribution in [3.05, 3.63) is 0 Å². The minimum absolute atomic E-state index is 0.539. The molecular formula is C12H23N. The number of nitrogens with two attached hydrogens (primary N) is 1. The summed E-state index contributed by atoms with van der Waals surface area (Å²) in [7, 11) is 0. The Morgan fingerprint density at radius 2 is 1.31 bits per heavy atom. The molecule has 0 aromatic heterocycles. The molecule has 2 rings (SSSR count). The van der Waals surface area contributed by atoms with Crippen molar-refractivity contribution in [2.24, 2.45) is 17.6 Å². The van der Waals surface area contributed by atoms with Gasteiger partial charge >= 0.3 is 0 Å². The Balaban J connectivity index is 1.88. The number of hydrogen-bond acceptors (Lipinski definition) is 1. The van der Waals surface area contributed by atoms with Gasteiger partial charge in [0.05, 0.1) is 0 Å². The molecule has 76 valence electrons. The van der Waals surface area contributed by atoms with Crippen molar-refractivity contribution in [3.8, 4) is 0 Å². The fourth-order valence-corrected chi connectivity index (χ4v) is 3.34. The van der Waals surface area contributed by atoms with Gasteiger partial charge in [-0.25, -0.2) is 0 Å². The molecule has 0 amide bonds. The van der Waals surface area contributed by atoms with Crippen LogP contribution in [0.3, 0.4) is 0 Å². The molecule has 1 heteroatoms. The van der Waals surface area contributed by atoms with Crippen LogP contribution in [0.1, 0.15) is 57.8 Å². The minimum Gasteiger partial charge on any atom is -0.327 e. The van der Waals surface area contributed by atoms with Gasteiger partial charge < -0.3 is 5.73 Å². The SMILES string of the molecule is N[C@H]1CCCC[C@H]1C1CCCCC1. The van der Waals surface area contributed by atoms with Crippen molar-refractivity contribution in [1.82, 2.24) is 0 Å². The summed E-state index contributed by atoms with van der Waals surface area (Å²) >= 11 is 0. The van der Waals surface area contributed by atoms with Crippen molar-refractivity contribution >= 4 is 0 Å². The monoisotopic (exact) mass is 181 g/mol. The Kier molecular flexibility index (Phi) is 3.26. The molecule has 0 unspecified atom stereocenters. The summed E-state index contributed by atoms with van der Waals surface area (Å²) < 4.78 is 0. The van der Waals surface area contributed by atoms with Crippen LogP contribution in [0.15, 0.2) is 0 Å². The highest BCUT2D eigenvalue weighted by molar-refractivity contribution is 4.84. The van der Waals surface area contributed by atoms with Crippen LogP contribution in [-0.4, -0.2) is 6.04 Å². The molecule has 0 saturated heterocycles. The Labute approximate surface area is 82.1 Å². The van der Waals surface area contributed by atoms with Crippen molar-refractivity contribution in [1.29, 1.82) is 0 Å². The number of hydrogen-bond donors (Lipinski definition) is 1. The number of rotatable bonds is 1. The molecule has 2 atom stereocenters. The molecule has 2 N–H and O–H groups in total. The maximum atomic E-state index is 6.21. The summed E-state index contributed by atoms with van der Waals surface area (Å²) in [6, 6.07) is 0.539. The Hall–Kier alpha value is -0.0400. The molecule has 0 aromatic carbocycles. The van der Waals surface area contributed by atoms with Gasteiger partial charge in [-0.05, 0) is 24.7 Å². The van der Waals surface area contributed by atoms with E-state index in [1.807, 2.05) is 0 Å². The van der Waals surface area contributed by atoms with Gasteiger partial charge in [-0.1, -0.05) is 44.9 Å². The van der Waals surface area contributed by atoms with Crippen LogP contribution in [0.5, 0.6) is 0 Å². The molecule has 0 bridgehead atoms. The Morgan fingerprint density at radius 1 is 0.692 bits per heavy atom. The standard InChI is InChI=1S/C12H23N/c13-12-9-5-4-8-11(12)10-6-2-1-3-7-10/h10-12H,1-9,13H2/t11-,12-/m0/s1. The minimum atomic E-state index is 0.539. The molecule has 0 spiro atoms. The van der Waals surface area contributed by atoms with Gasteiger partial charge in [0.1, 0.15) is 0 Å². The first-order valence-electron chi connectivity index (χ1n) is 6.13. The van der Waals surface area contributed by atoms with E-state index >= 15 is 0 Å². The summed E-state index contributed by atoms with van der Waals surface area (Å²) in [5.74, 6) is 1.87. The molecule has 0 aliphatic heterocycles. The summed E-state index contributed by atoms with van der Waals surface area (Å²) in [4.78, 5) is 0. The van der Waals surface area contributed by atoms with Gasteiger partial charge in [0.15, 0.2) is 0 Å². The third-order valence-electron chi connectivity index (χ3n) is 4.13. The summed E-state index contributed by atoms with van der Waals surface area (Å²) in [6.45, 7) is 0. The fourth-order valence-electron chi connectivity index (χ4n) is 3.34. The summed E-state index contributed by atoms with van der Waals surface area (Å²) in [5.41, 5.74) is 6.21. The predicted molar refractivity (Wildman–Crippen MR) is 56.5 cm³/mol. The molecule has 2 aliphatic carbocycles. The van der Waals surface area contributed by atoms with Crippen LogP contribution in [0, 0.1) is 11.8 Å². The lowest BCUT2D eigenvalue weighted by Gasteiger charge is -2.37. The highest BCUT2D eigenvalue weighted by Gasteiger charge is 2.29. The molecule has 2 saturated carbocycles. The maximum absolute atomic E-state index is 6.21. The third kappa shape index (κ3) is 2.25. The molecular weight excluding hydrogens is 158 g/mol. The first-order valence-corrected chi connectivity index (χ1v) is 6.13.